The van der Waals surface area contributed by atoms with Gasteiger partial charge in [0.1, 0.15) is 11.6 Å². The number of carbonyl (C=O) groups is 2. The summed E-state index contributed by atoms with van der Waals surface area (Å²) in [5.74, 6) is -1.30. The maximum atomic E-state index is 15.7. The molecule has 3 aliphatic rings. The van der Waals surface area contributed by atoms with Gasteiger partial charge in [-0.05, 0) is 98.6 Å². The fourth-order valence-electron chi connectivity index (χ4n) is 9.04. The number of hydrogen-bond donors (Lipinski definition) is 1. The maximum absolute atomic E-state index is 15.7. The van der Waals surface area contributed by atoms with E-state index in [1.54, 1.807) is 49.3 Å². The predicted molar refractivity (Wildman–Crippen MR) is 252 cm³/mol. The van der Waals surface area contributed by atoms with E-state index in [1.807, 2.05) is 39.1 Å². The van der Waals surface area contributed by atoms with Gasteiger partial charge in [0.05, 0.1) is 5.70 Å². The summed E-state index contributed by atoms with van der Waals surface area (Å²) in [6.07, 6.45) is 11.0. The van der Waals surface area contributed by atoms with Crippen LogP contribution in [0.1, 0.15) is 67.1 Å². The molecule has 1 atom stereocenters. The van der Waals surface area contributed by atoms with Crippen molar-refractivity contribution in [2.24, 2.45) is 10.9 Å². The first-order valence-corrected chi connectivity index (χ1v) is 22.1. The average Bonchev–Trinajstić information content (AvgIpc) is 3.25. The number of piperazine rings is 1. The van der Waals surface area contributed by atoms with Crippen LogP contribution < -0.4 is 15.8 Å². The highest BCUT2D eigenvalue weighted by Gasteiger charge is 2.30. The van der Waals surface area contributed by atoms with Crippen LogP contribution >= 0.6 is 0 Å². The molecule has 0 spiro atoms. The van der Waals surface area contributed by atoms with Crippen LogP contribution in [-0.4, -0.2) is 128 Å². The molecule has 0 radical (unpaired) electrons. The molecule has 2 fully saturated rings. The lowest BCUT2D eigenvalue weighted by Crippen LogP contribution is -2.53. The number of halogens is 2. The van der Waals surface area contributed by atoms with Gasteiger partial charge in [-0.2, -0.15) is 0 Å². The number of hydrogen-bond acceptors (Lipinski definition) is 8. The van der Waals surface area contributed by atoms with E-state index in [1.165, 1.54) is 28.3 Å². The first-order valence-electron chi connectivity index (χ1n) is 22.1. The predicted octanol–water partition coefficient (Wildman–Crippen LogP) is 7.35. The van der Waals surface area contributed by atoms with E-state index in [2.05, 4.69) is 56.7 Å². The van der Waals surface area contributed by atoms with Crippen LogP contribution in [0.2, 0.25) is 0 Å². The lowest BCUT2D eigenvalue weighted by Gasteiger charge is -2.42. The minimum Gasteiger partial charge on any atom is -0.388 e. The quantitative estimate of drug-likeness (QED) is 0.134. The largest absolute Gasteiger partial charge is 0.388 e. The summed E-state index contributed by atoms with van der Waals surface area (Å²) >= 11 is 0. The summed E-state index contributed by atoms with van der Waals surface area (Å²) in [6, 6.07) is 12.5. The molecule has 6 rings (SSSR count). The van der Waals surface area contributed by atoms with Crippen molar-refractivity contribution in [3.8, 4) is 0 Å². The van der Waals surface area contributed by atoms with Gasteiger partial charge in [-0.3, -0.25) is 38.6 Å². The number of aromatic nitrogens is 1. The minimum atomic E-state index is -0.715. The zero-order valence-corrected chi connectivity index (χ0v) is 38.1. The lowest BCUT2D eigenvalue weighted by atomic mass is 9.94. The molecule has 13 heteroatoms. The summed E-state index contributed by atoms with van der Waals surface area (Å²) in [5.41, 5.74) is 6.58. The van der Waals surface area contributed by atoms with E-state index >= 15 is 8.78 Å². The van der Waals surface area contributed by atoms with Gasteiger partial charge in [0, 0.05) is 141 Å². The first-order chi connectivity index (χ1) is 30.1. The van der Waals surface area contributed by atoms with Crippen molar-refractivity contribution in [2.45, 2.75) is 59.5 Å². The van der Waals surface area contributed by atoms with Crippen molar-refractivity contribution >= 4 is 40.7 Å². The zero-order valence-electron chi connectivity index (χ0n) is 38.1. The number of anilines is 2. The van der Waals surface area contributed by atoms with Crippen LogP contribution in [0.4, 0.5) is 20.2 Å². The SMILES string of the molecule is C=C(/C=C(\C)CN1CC=C(c2c(F)cc(C(=O)N3CCC(CN4CCN(Cc5ccc(C)c(N(C)C(C)=O)c5)CC4C)CC3)cc2F)CC1)/C(=C\C=NC)n1ccc(NC)cc1=O. The molecule has 2 aromatic carbocycles. The van der Waals surface area contributed by atoms with Gasteiger partial charge in [-0.15, -0.1) is 0 Å². The third kappa shape index (κ3) is 11.8. The number of pyridine rings is 1. The third-order valence-corrected chi connectivity index (χ3v) is 12.7. The summed E-state index contributed by atoms with van der Waals surface area (Å²) in [4.78, 5) is 53.1. The van der Waals surface area contributed by atoms with E-state index in [0.29, 0.717) is 73.6 Å². The van der Waals surface area contributed by atoms with Crippen molar-refractivity contribution in [2.75, 3.05) is 90.3 Å². The number of piperidine rings is 1. The van der Waals surface area contributed by atoms with E-state index < -0.39 is 11.6 Å². The van der Waals surface area contributed by atoms with Gasteiger partial charge in [0.2, 0.25) is 5.91 Å². The van der Waals surface area contributed by atoms with Crippen LogP contribution in [-0.2, 0) is 11.3 Å². The van der Waals surface area contributed by atoms with Gasteiger partial charge in [-0.25, -0.2) is 8.78 Å². The van der Waals surface area contributed by atoms with Crippen molar-refractivity contribution in [1.82, 2.24) is 24.2 Å². The van der Waals surface area contributed by atoms with Crippen LogP contribution in [0.3, 0.4) is 0 Å². The highest BCUT2D eigenvalue weighted by molar-refractivity contribution is 5.95. The molecule has 0 bridgehead atoms. The summed E-state index contributed by atoms with van der Waals surface area (Å²) < 4.78 is 32.9. The first kappa shape index (κ1) is 47.0. The van der Waals surface area contributed by atoms with Crippen LogP contribution in [0, 0.1) is 24.5 Å². The normalized spacial score (nSPS) is 18.8. The zero-order chi connectivity index (χ0) is 45.4. The highest BCUT2D eigenvalue weighted by Crippen LogP contribution is 2.31. The summed E-state index contributed by atoms with van der Waals surface area (Å²) in [6.45, 7) is 19.6. The number of nitrogens with one attached hydrogen (secondary N) is 1. The smallest absolute Gasteiger partial charge is 0.257 e. The number of likely N-dealkylation sites (tertiary alicyclic amines) is 1. The van der Waals surface area contributed by atoms with Gasteiger partial charge in [0.25, 0.3) is 11.5 Å². The van der Waals surface area contributed by atoms with Gasteiger partial charge in [-0.1, -0.05) is 36.4 Å². The molecule has 3 aromatic rings. The lowest BCUT2D eigenvalue weighted by molar-refractivity contribution is -0.116. The van der Waals surface area contributed by atoms with Crippen molar-refractivity contribution in [3.05, 3.63) is 129 Å². The summed E-state index contributed by atoms with van der Waals surface area (Å²) in [7, 11) is 5.23. The van der Waals surface area contributed by atoms with E-state index in [9.17, 15) is 14.4 Å². The Morgan fingerprint density at radius 2 is 1.73 bits per heavy atom. The molecule has 63 heavy (non-hydrogen) atoms. The van der Waals surface area contributed by atoms with Gasteiger partial charge in [0.15, 0.2) is 0 Å². The summed E-state index contributed by atoms with van der Waals surface area (Å²) in [5, 5.41) is 2.98. The Hall–Kier alpha value is -5.50. The monoisotopic (exact) mass is 863 g/mol. The molecular weight excluding hydrogens is 799 g/mol. The Balaban J connectivity index is 0.985. The molecular formula is C50H64F2N8O3. The highest BCUT2D eigenvalue weighted by atomic mass is 19.1. The number of nitrogens with zero attached hydrogens (tertiary/aromatic N) is 7. The molecule has 1 unspecified atom stereocenters. The second-order valence-corrected chi connectivity index (χ2v) is 17.4. The molecule has 1 N–H and O–H groups in total. The van der Waals surface area contributed by atoms with Crippen LogP contribution in [0.5, 0.6) is 0 Å². The molecule has 2 amide bonds. The number of benzene rings is 2. The van der Waals surface area contributed by atoms with Crippen molar-refractivity contribution < 1.29 is 18.4 Å². The third-order valence-electron chi connectivity index (χ3n) is 12.7. The number of aryl methyl sites for hydroxylation is 1. The molecule has 0 saturated carbocycles. The van der Waals surface area contributed by atoms with E-state index in [-0.39, 0.29) is 28.5 Å². The number of amides is 2. The maximum Gasteiger partial charge on any atom is 0.257 e. The molecule has 2 saturated heterocycles. The van der Waals surface area contributed by atoms with Crippen molar-refractivity contribution in [1.29, 1.82) is 0 Å². The second-order valence-electron chi connectivity index (χ2n) is 17.4. The molecule has 336 valence electrons. The number of rotatable bonds is 14. The topological polar surface area (TPSA) is 96.7 Å². The molecule has 0 aliphatic carbocycles. The average molecular weight is 863 g/mol. The van der Waals surface area contributed by atoms with Gasteiger partial charge >= 0.3 is 0 Å². The number of carbonyl (C=O) groups excluding carboxylic acids is 2. The van der Waals surface area contributed by atoms with E-state index in [4.69, 9.17) is 0 Å². The molecule has 3 aliphatic heterocycles. The Bertz CT molecular complexity index is 2340. The molecule has 4 heterocycles. The second kappa shape index (κ2) is 21.2. The van der Waals surface area contributed by atoms with Crippen LogP contribution in [0.15, 0.2) is 94.4 Å². The van der Waals surface area contributed by atoms with E-state index in [0.717, 1.165) is 62.4 Å². The number of allylic oxidation sites excluding steroid dienone is 4. The van der Waals surface area contributed by atoms with Crippen LogP contribution in [0.25, 0.3) is 11.3 Å². The molecule has 1 aromatic heterocycles. The number of aliphatic imine (C=N–C) groups is 1. The van der Waals surface area contributed by atoms with Crippen molar-refractivity contribution in [3.63, 3.8) is 0 Å². The Kier molecular flexibility index (Phi) is 15.8. The molecule has 11 nitrogen and oxygen atoms in total. The minimum absolute atomic E-state index is 0.0167. The Morgan fingerprint density at radius 3 is 2.35 bits per heavy atom. The standard InChI is InChI=1S/C50H64F2N8O3/c1-34(25-36(3)46(11-17-53-6)60-22-16-43(54-7)29-48(60)62)30-56-18-14-41(15-19-56)49-44(51)27-42(28-45(49)52)50(63)58-20-12-39(13-21-58)33-59-24-23-57(31-37(59)4)32-40-10-9-35(2)47(26-40)55(8)38(5)61/h9-11,14,16-17,22,25-29,37,39,54H,3,12-13,15,18-21,23-24,30-33H2,1-2,4-8H3/b34-25+,46-11+,53-17?. The fraction of sp³-hybridized carbons (Fsp3) is 0.440. The van der Waals surface area contributed by atoms with Gasteiger partial charge < -0.3 is 15.1 Å². The Labute approximate surface area is 371 Å². The Morgan fingerprint density at radius 1 is 1.00 bits per heavy atom. The fourth-order valence-corrected chi connectivity index (χ4v) is 9.04.